The number of carbonyl (C=O) groups excluding carboxylic acids is 5. The van der Waals surface area contributed by atoms with Crippen LogP contribution < -0.4 is 0 Å². The molecule has 3 aliphatic heterocycles. The van der Waals surface area contributed by atoms with E-state index in [1.54, 1.807) is 12.1 Å². The Morgan fingerprint density at radius 3 is 1.06 bits per heavy atom. The standard InChI is InChI=1S/C22H31F3N2O2.C21H30Cl2N2O2.C21H29Cl2NO.C19H23Cl2NO.C17H23Cl2NO2/c1-3-19(28)20(26(2)10-11-27-12-14-29-15-13-27)21(8-5-9-21)17-6-4-7-18(16-17)22(23,24)25;1-3-19(26)20(24(2)9-10-25-11-13-27-14-12-25)21(7-4-8-21)16-5-6-17(22)18(23)15-16;1-3-19(25)20(24(2)16-8-5-4-6-9-16)21(12-7-13-21)15-10-11-17(22)18(23)14-15;1-2-17(23)18(22-11-4-3-5-12-22)19(9-6-10-19)14-7-8-15(20)16(21)13-14;1-3-15(22)16(20(2)9-10-21)17(7-4-8-17)12-5-6-13(18)14(19)11-12/h4,6-7,16,20H,3,5,8-15H2,1-2H3;5-6,15,20H,3-4,7-14H2,1-2H3;10-11,14,16,20H,3-9,12-13H2,1-2H3;3-4,7-8,13,18H,2,5-6,9-12H2,1H3;5-6,11,16,21H,3-4,7-10H2,1-2H3. The van der Waals surface area contributed by atoms with Crippen LogP contribution in [0.3, 0.4) is 0 Å². The van der Waals surface area contributed by atoms with Gasteiger partial charge in [0.25, 0.3) is 0 Å². The number of ether oxygens (including phenoxy) is 2. The minimum absolute atomic E-state index is 0.0431. The van der Waals surface area contributed by atoms with Gasteiger partial charge in [-0.2, -0.15) is 13.2 Å². The predicted molar refractivity (Wildman–Crippen MR) is 510 cm³/mol. The summed E-state index contributed by atoms with van der Waals surface area (Å²) >= 11 is 49.5. The maximum absolute atomic E-state index is 13.3. The predicted octanol–water partition coefficient (Wildman–Crippen LogP) is 22.5. The Kier molecular flexibility index (Phi) is 39.8. The Labute approximate surface area is 789 Å². The molecule has 5 aromatic carbocycles. The number of benzene rings is 5. The molecular weight excluding hydrogens is 1770 g/mol. The molecule has 0 bridgehead atoms. The van der Waals surface area contributed by atoms with E-state index in [1.165, 1.54) is 61.8 Å². The zero-order valence-corrected chi connectivity index (χ0v) is 81.7. The van der Waals surface area contributed by atoms with Crippen molar-refractivity contribution in [3.8, 4) is 0 Å². The third-order valence-corrected chi connectivity index (χ3v) is 32.3. The monoisotopic (exact) mass is 1900 g/mol. The van der Waals surface area contributed by atoms with Gasteiger partial charge in [0.05, 0.1) is 109 Å². The molecule has 6 aliphatic carbocycles. The number of morpholine rings is 2. The molecule has 5 unspecified atom stereocenters. The van der Waals surface area contributed by atoms with Crippen LogP contribution in [0.15, 0.2) is 109 Å². The molecule has 0 spiro atoms. The Bertz CT molecular complexity index is 4430. The highest BCUT2D eigenvalue weighted by atomic mass is 35.5. The lowest BCUT2D eigenvalue weighted by Gasteiger charge is -2.52. The number of hydrogen-bond acceptors (Lipinski definition) is 15. The average molecular weight is 1900 g/mol. The Hall–Kier alpha value is -4.10. The molecule has 3 heterocycles. The number of likely N-dealkylation sites (N-methyl/N-ethyl adjacent to an activating group) is 4. The van der Waals surface area contributed by atoms with Crippen molar-refractivity contribution >= 4 is 122 Å². The van der Waals surface area contributed by atoms with E-state index in [4.69, 9.17) is 102 Å². The van der Waals surface area contributed by atoms with Crippen molar-refractivity contribution in [1.82, 2.24) is 34.3 Å². The third kappa shape index (κ3) is 24.5. The Morgan fingerprint density at radius 1 is 0.413 bits per heavy atom. The van der Waals surface area contributed by atoms with Crippen LogP contribution in [-0.2, 0) is 66.7 Å². The van der Waals surface area contributed by atoms with Crippen LogP contribution in [-0.4, -0.2) is 238 Å². The number of hydrogen-bond donors (Lipinski definition) is 1. The van der Waals surface area contributed by atoms with Crippen molar-refractivity contribution in [1.29, 1.82) is 0 Å². The number of carbonyl (C=O) groups is 5. The maximum Gasteiger partial charge on any atom is 0.416 e. The smallest absolute Gasteiger partial charge is 0.395 e. The lowest BCUT2D eigenvalue weighted by atomic mass is 9.58. The number of Topliss-reactive ketones (excluding diaryl/α,β-unsaturated/α-hetero) is 5. The first kappa shape index (κ1) is 104. The molecule has 0 aromatic heterocycles. The maximum atomic E-state index is 13.3. The number of nitrogens with zero attached hydrogens (tertiary/aromatic N) is 7. The molecule has 2 saturated heterocycles. The van der Waals surface area contributed by atoms with E-state index in [1.807, 2.05) is 102 Å². The number of rotatable bonds is 34. The highest BCUT2D eigenvalue weighted by Gasteiger charge is 2.56. The molecule has 0 amide bonds. The van der Waals surface area contributed by atoms with Crippen LogP contribution in [0.4, 0.5) is 13.2 Å². The van der Waals surface area contributed by atoms with Crippen LogP contribution in [0.1, 0.15) is 235 Å². The molecule has 5 aromatic rings. The first-order valence-electron chi connectivity index (χ1n) is 46.4. The molecule has 696 valence electrons. The molecule has 5 atom stereocenters. The van der Waals surface area contributed by atoms with Crippen LogP contribution in [0.2, 0.25) is 40.2 Å². The molecule has 14 rings (SSSR count). The molecule has 126 heavy (non-hydrogen) atoms. The van der Waals surface area contributed by atoms with Crippen LogP contribution >= 0.6 is 92.8 Å². The fraction of sp³-hybridized carbons (Fsp3) is 0.630. The van der Waals surface area contributed by atoms with Crippen molar-refractivity contribution in [2.75, 3.05) is 133 Å². The van der Waals surface area contributed by atoms with E-state index in [9.17, 15) is 42.3 Å². The number of halogens is 11. The van der Waals surface area contributed by atoms with E-state index < -0.39 is 23.2 Å². The summed E-state index contributed by atoms with van der Waals surface area (Å²) in [4.78, 5) is 80.4. The van der Waals surface area contributed by atoms with Gasteiger partial charge in [0.2, 0.25) is 0 Å². The number of ketones is 5. The van der Waals surface area contributed by atoms with Gasteiger partial charge in [0.1, 0.15) is 0 Å². The second-order valence-corrected chi connectivity index (χ2v) is 39.8. The van der Waals surface area contributed by atoms with Crippen molar-refractivity contribution < 1.29 is 51.7 Å². The zero-order chi connectivity index (χ0) is 91.3. The second-order valence-electron chi connectivity index (χ2n) is 36.5. The van der Waals surface area contributed by atoms with Gasteiger partial charge in [-0.25, -0.2) is 0 Å². The van der Waals surface area contributed by atoms with Gasteiger partial charge in [-0.1, -0.05) is 233 Å². The quantitative estimate of drug-likeness (QED) is 0.0389. The lowest BCUT2D eigenvalue weighted by Crippen LogP contribution is -2.59. The van der Waals surface area contributed by atoms with E-state index in [2.05, 4.69) is 73.8 Å². The van der Waals surface area contributed by atoms with Gasteiger partial charge in [-0.05, 0) is 194 Å². The first-order valence-corrected chi connectivity index (χ1v) is 49.4. The molecule has 0 radical (unpaired) electrons. The summed E-state index contributed by atoms with van der Waals surface area (Å²) in [6.45, 7) is 22.1. The number of alkyl halides is 3. The Balaban J connectivity index is 0.000000165. The van der Waals surface area contributed by atoms with Gasteiger partial charge < -0.3 is 14.6 Å². The van der Waals surface area contributed by atoms with Gasteiger partial charge in [0, 0.05) is 137 Å². The molecule has 26 heteroatoms. The van der Waals surface area contributed by atoms with Crippen LogP contribution in [0.5, 0.6) is 0 Å². The molecule has 15 nitrogen and oxygen atoms in total. The van der Waals surface area contributed by atoms with Crippen molar-refractivity contribution in [2.45, 2.75) is 271 Å². The van der Waals surface area contributed by atoms with Crippen LogP contribution in [0, 0.1) is 0 Å². The summed E-state index contributed by atoms with van der Waals surface area (Å²) in [5.41, 5.74) is 3.46. The minimum Gasteiger partial charge on any atom is -0.395 e. The average Bonchev–Trinajstić information content (AvgIpc) is 0.751. The Morgan fingerprint density at radius 2 is 0.746 bits per heavy atom. The van der Waals surface area contributed by atoms with Crippen LogP contribution in [0.25, 0.3) is 0 Å². The molecule has 6 saturated carbocycles. The van der Waals surface area contributed by atoms with E-state index >= 15 is 0 Å². The van der Waals surface area contributed by atoms with Crippen molar-refractivity contribution in [3.05, 3.63) is 183 Å². The summed E-state index contributed by atoms with van der Waals surface area (Å²) in [6.07, 6.45) is 25.1. The van der Waals surface area contributed by atoms with Gasteiger partial charge in [-0.3, -0.25) is 58.3 Å². The minimum atomic E-state index is -4.38. The van der Waals surface area contributed by atoms with E-state index in [0.29, 0.717) is 114 Å². The van der Waals surface area contributed by atoms with E-state index in [-0.39, 0.29) is 64.0 Å². The second kappa shape index (κ2) is 48.2. The number of aliphatic hydroxyl groups is 1. The third-order valence-electron chi connectivity index (χ3n) is 29.4. The lowest BCUT2D eigenvalue weighted by molar-refractivity contribution is -0.138. The summed E-state index contributed by atoms with van der Waals surface area (Å²) in [6, 6.07) is 28.7. The largest absolute Gasteiger partial charge is 0.416 e. The fourth-order valence-electron chi connectivity index (χ4n) is 21.7. The zero-order valence-electron chi connectivity index (χ0n) is 75.6. The van der Waals surface area contributed by atoms with Crippen molar-refractivity contribution in [3.63, 3.8) is 0 Å². The topological polar surface area (TPSA) is 147 Å². The molecule has 9 aliphatic rings. The number of aliphatic hydroxyl groups excluding tert-OH is 1. The first-order chi connectivity index (χ1) is 60.3. The summed E-state index contributed by atoms with van der Waals surface area (Å²) in [7, 11) is 8.11. The van der Waals surface area contributed by atoms with Gasteiger partial charge >= 0.3 is 6.18 Å². The van der Waals surface area contributed by atoms with Crippen molar-refractivity contribution in [2.24, 2.45) is 0 Å². The normalized spacial score (nSPS) is 20.8. The highest BCUT2D eigenvalue weighted by Crippen LogP contribution is 2.55. The molecule has 8 fully saturated rings. The highest BCUT2D eigenvalue weighted by molar-refractivity contribution is 6.43. The molecular formula is C100H136Cl8F3N7O8. The SMILES string of the molecule is CCC(=O)C(N(C)C1CCCCC1)C1(c2ccc(Cl)c(Cl)c2)CCC1.CCC(=O)C(N(C)CCN1CCOCC1)C1(c2ccc(Cl)c(Cl)c2)CCC1.CCC(=O)C(N(C)CCN1CCOCC1)C1(c2cccc(C(F)(F)F)c2)CCC1.CCC(=O)C(N(C)CCO)C1(c2ccc(Cl)c(Cl)c2)CCC1.CCC(=O)C(N1CC=CCC1)C1(c2ccc(Cl)c(Cl)c2)CCC1. The van der Waals surface area contributed by atoms with Gasteiger partial charge in [-0.15, -0.1) is 0 Å². The summed E-state index contributed by atoms with van der Waals surface area (Å²) in [5.74, 6) is 1.32. The van der Waals surface area contributed by atoms with Gasteiger partial charge in [0.15, 0.2) is 28.9 Å². The molecule has 1 N–H and O–H groups in total. The summed E-state index contributed by atoms with van der Waals surface area (Å²) in [5, 5.41) is 13.8. The summed E-state index contributed by atoms with van der Waals surface area (Å²) < 4.78 is 50.7. The van der Waals surface area contributed by atoms with E-state index in [0.717, 1.165) is 199 Å². The fourth-order valence-corrected chi connectivity index (χ4v) is 22.9.